The van der Waals surface area contributed by atoms with Crippen LogP contribution in [-0.2, 0) is 23.9 Å². The molecule has 3 aliphatic heterocycles. The first-order chi connectivity index (χ1) is 14.9. The van der Waals surface area contributed by atoms with Crippen LogP contribution in [-0.4, -0.2) is 42.3 Å². The molecule has 0 amide bonds. The van der Waals surface area contributed by atoms with Crippen LogP contribution in [0.25, 0.3) is 0 Å². The number of piperidine rings is 1. The van der Waals surface area contributed by atoms with Gasteiger partial charge in [-0.05, 0) is 37.0 Å². The van der Waals surface area contributed by atoms with Crippen molar-refractivity contribution in [3.8, 4) is 6.07 Å². The van der Waals surface area contributed by atoms with E-state index in [4.69, 9.17) is 9.72 Å². The van der Waals surface area contributed by atoms with Crippen molar-refractivity contribution in [2.45, 2.75) is 38.1 Å². The van der Waals surface area contributed by atoms with Gasteiger partial charge in [-0.3, -0.25) is 0 Å². The van der Waals surface area contributed by atoms with Gasteiger partial charge in [-0.1, -0.05) is 0 Å². The highest BCUT2D eigenvalue weighted by Crippen LogP contribution is 2.38. The van der Waals surface area contributed by atoms with E-state index < -0.39 is 11.7 Å². The molecule has 2 unspecified atom stereocenters. The molecule has 5 rings (SSSR count). The molecule has 2 saturated heterocycles. The van der Waals surface area contributed by atoms with Crippen LogP contribution in [0.15, 0.2) is 24.4 Å². The van der Waals surface area contributed by atoms with Crippen LogP contribution in [0, 0.1) is 17.2 Å². The molecule has 2 aromatic rings. The van der Waals surface area contributed by atoms with E-state index in [-0.39, 0.29) is 6.04 Å². The fourth-order valence-corrected chi connectivity index (χ4v) is 4.95. The number of nitriles is 1. The van der Waals surface area contributed by atoms with E-state index in [0.717, 1.165) is 49.2 Å². The molecular weight excluding hydrogens is 407 g/mol. The summed E-state index contributed by atoms with van der Waals surface area (Å²) in [5, 5.41) is 9.73. The Balaban J connectivity index is 1.44. The Kier molecular flexibility index (Phi) is 4.97. The van der Waals surface area contributed by atoms with E-state index in [1.807, 2.05) is 11.0 Å². The predicted octanol–water partition coefficient (Wildman–Crippen LogP) is 3.54. The van der Waals surface area contributed by atoms with Crippen molar-refractivity contribution in [3.63, 3.8) is 0 Å². The lowest BCUT2D eigenvalue weighted by Crippen LogP contribution is -2.49. The van der Waals surface area contributed by atoms with E-state index in [0.29, 0.717) is 49.4 Å². The van der Waals surface area contributed by atoms with Crippen LogP contribution >= 0.6 is 0 Å². The molecule has 3 aliphatic rings. The minimum Gasteiger partial charge on any atom is -0.376 e. The van der Waals surface area contributed by atoms with Crippen molar-refractivity contribution in [3.05, 3.63) is 46.8 Å². The maximum Gasteiger partial charge on any atom is 0.416 e. The molecule has 0 aromatic carbocycles. The number of hydrogen-bond donors (Lipinski definition) is 0. The van der Waals surface area contributed by atoms with Crippen molar-refractivity contribution in [1.29, 1.82) is 5.26 Å². The Bertz CT molecular complexity index is 1030. The fourth-order valence-electron chi connectivity index (χ4n) is 4.95. The van der Waals surface area contributed by atoms with Crippen LogP contribution in [0.1, 0.15) is 35.2 Å². The Morgan fingerprint density at radius 3 is 2.84 bits per heavy atom. The molecule has 0 bridgehead atoms. The van der Waals surface area contributed by atoms with Crippen molar-refractivity contribution in [1.82, 2.24) is 9.97 Å². The quantitative estimate of drug-likeness (QED) is 0.728. The summed E-state index contributed by atoms with van der Waals surface area (Å²) in [7, 11) is 0. The van der Waals surface area contributed by atoms with E-state index in [1.54, 1.807) is 0 Å². The molecular formula is C22H22F3N5O. The van der Waals surface area contributed by atoms with E-state index in [2.05, 4.69) is 16.0 Å². The SMILES string of the molecule is N#Cc1cc2c(nc1N1CCC3CCN(c4cc(C(F)(F)F)ccn4)CC31)CCOC2. The second-order valence-electron chi connectivity index (χ2n) is 8.32. The second-order valence-corrected chi connectivity index (χ2v) is 8.32. The minimum absolute atomic E-state index is 0.0857. The molecule has 9 heteroatoms. The van der Waals surface area contributed by atoms with Gasteiger partial charge in [0, 0.05) is 37.8 Å². The van der Waals surface area contributed by atoms with Gasteiger partial charge in [0.1, 0.15) is 17.7 Å². The molecule has 162 valence electrons. The molecule has 6 nitrogen and oxygen atoms in total. The molecule has 5 heterocycles. The first kappa shape index (κ1) is 20.1. The molecule has 2 aromatic heterocycles. The number of aromatic nitrogens is 2. The van der Waals surface area contributed by atoms with Gasteiger partial charge in [0.15, 0.2) is 0 Å². The monoisotopic (exact) mass is 429 g/mol. The summed E-state index contributed by atoms with van der Waals surface area (Å²) in [6.45, 7) is 3.11. The molecule has 31 heavy (non-hydrogen) atoms. The number of pyridine rings is 2. The zero-order chi connectivity index (χ0) is 21.6. The largest absolute Gasteiger partial charge is 0.416 e. The van der Waals surface area contributed by atoms with Gasteiger partial charge in [-0.25, -0.2) is 9.97 Å². The molecule has 0 spiro atoms. The second kappa shape index (κ2) is 7.68. The number of alkyl halides is 3. The highest BCUT2D eigenvalue weighted by atomic mass is 19.4. The average molecular weight is 429 g/mol. The van der Waals surface area contributed by atoms with Gasteiger partial charge in [0.2, 0.25) is 0 Å². The number of fused-ring (bicyclic) bond motifs is 2. The minimum atomic E-state index is -4.39. The summed E-state index contributed by atoms with van der Waals surface area (Å²) in [6.07, 6.45) is -0.595. The van der Waals surface area contributed by atoms with Gasteiger partial charge in [0.05, 0.1) is 36.1 Å². The van der Waals surface area contributed by atoms with Crippen LogP contribution in [0.2, 0.25) is 0 Å². The summed E-state index contributed by atoms with van der Waals surface area (Å²) in [5.41, 5.74) is 1.77. The van der Waals surface area contributed by atoms with Crippen molar-refractivity contribution in [2.24, 2.45) is 5.92 Å². The summed E-state index contributed by atoms with van der Waals surface area (Å²) < 4.78 is 44.9. The third kappa shape index (κ3) is 3.69. The number of rotatable bonds is 2. The van der Waals surface area contributed by atoms with Gasteiger partial charge in [-0.15, -0.1) is 0 Å². The molecule has 0 radical (unpaired) electrons. The molecule has 2 fully saturated rings. The molecule has 0 saturated carbocycles. The zero-order valence-electron chi connectivity index (χ0n) is 16.9. The number of ether oxygens (including phenoxy) is 1. The summed E-state index contributed by atoms with van der Waals surface area (Å²) >= 11 is 0. The molecule has 0 N–H and O–H groups in total. The first-order valence-electron chi connectivity index (χ1n) is 10.5. The van der Waals surface area contributed by atoms with Gasteiger partial charge in [-0.2, -0.15) is 18.4 Å². The third-order valence-corrected chi connectivity index (χ3v) is 6.56. The van der Waals surface area contributed by atoms with Gasteiger partial charge in [0.25, 0.3) is 0 Å². The van der Waals surface area contributed by atoms with Crippen molar-refractivity contribution >= 4 is 11.6 Å². The Morgan fingerprint density at radius 1 is 1.19 bits per heavy atom. The summed E-state index contributed by atoms with van der Waals surface area (Å²) in [5.74, 6) is 1.46. The number of halogens is 3. The lowest BCUT2D eigenvalue weighted by atomic mass is 9.92. The Labute approximate surface area is 178 Å². The zero-order valence-corrected chi connectivity index (χ0v) is 16.9. The highest BCUT2D eigenvalue weighted by molar-refractivity contribution is 5.58. The Morgan fingerprint density at radius 2 is 2.03 bits per heavy atom. The van der Waals surface area contributed by atoms with Crippen LogP contribution in [0.4, 0.5) is 24.8 Å². The number of anilines is 2. The lowest BCUT2D eigenvalue weighted by Gasteiger charge is -2.40. The average Bonchev–Trinajstić information content (AvgIpc) is 3.20. The Hall–Kier alpha value is -2.86. The standard InChI is InChI=1S/C22H22F3N5O/c23-22(24,25)17-1-5-27-20(10-17)29-6-2-14-3-7-30(19(14)12-29)21-15(11-26)9-16-13-31-8-4-18(16)28-21/h1,5,9-10,14,19H,2-4,6-8,12-13H2. The first-order valence-corrected chi connectivity index (χ1v) is 10.5. The smallest absolute Gasteiger partial charge is 0.376 e. The third-order valence-electron chi connectivity index (χ3n) is 6.56. The summed E-state index contributed by atoms with van der Waals surface area (Å²) in [6, 6.07) is 6.35. The lowest BCUT2D eigenvalue weighted by molar-refractivity contribution is -0.137. The van der Waals surface area contributed by atoms with Crippen molar-refractivity contribution in [2.75, 3.05) is 36.0 Å². The van der Waals surface area contributed by atoms with Crippen LogP contribution in [0.3, 0.4) is 0 Å². The van der Waals surface area contributed by atoms with Crippen LogP contribution < -0.4 is 9.80 Å². The van der Waals surface area contributed by atoms with Gasteiger partial charge >= 0.3 is 6.18 Å². The fraction of sp³-hybridized carbons (Fsp3) is 0.500. The normalized spacial score (nSPS) is 23.3. The van der Waals surface area contributed by atoms with E-state index >= 15 is 0 Å². The molecule has 2 atom stereocenters. The maximum absolute atomic E-state index is 13.2. The van der Waals surface area contributed by atoms with E-state index in [9.17, 15) is 18.4 Å². The maximum atomic E-state index is 13.2. The molecule has 0 aliphatic carbocycles. The highest BCUT2D eigenvalue weighted by Gasteiger charge is 2.41. The summed E-state index contributed by atoms with van der Waals surface area (Å²) in [4.78, 5) is 13.2. The van der Waals surface area contributed by atoms with Gasteiger partial charge < -0.3 is 14.5 Å². The predicted molar refractivity (Wildman–Crippen MR) is 108 cm³/mol. The van der Waals surface area contributed by atoms with E-state index in [1.165, 1.54) is 6.20 Å². The van der Waals surface area contributed by atoms with Crippen LogP contribution in [0.5, 0.6) is 0 Å². The van der Waals surface area contributed by atoms with Crippen molar-refractivity contribution < 1.29 is 17.9 Å². The number of nitrogens with zero attached hydrogens (tertiary/aromatic N) is 5. The number of hydrogen-bond acceptors (Lipinski definition) is 6. The topological polar surface area (TPSA) is 65.3 Å².